The first-order valence-electron chi connectivity index (χ1n) is 9.96. The largest absolute Gasteiger partial charge is 0.393 e. The Bertz CT molecular complexity index is 876. The normalized spacial score (nSPS) is 27.6. The third-order valence-corrected chi connectivity index (χ3v) is 6.21. The SMILES string of the molecule is N#CC1CC=C(N2C[C@@H]3CN(Cc4ccc(F)cc4)CCN3C2=O)CC1C(F)(F)F. The molecule has 3 aliphatic rings. The molecular weight excluding hydrogens is 400 g/mol. The number of hydrogen-bond donors (Lipinski definition) is 0. The topological polar surface area (TPSA) is 50.6 Å². The summed E-state index contributed by atoms with van der Waals surface area (Å²) in [5.41, 5.74) is 1.34. The third kappa shape index (κ3) is 4.01. The van der Waals surface area contributed by atoms with Crippen molar-refractivity contribution in [3.63, 3.8) is 0 Å². The molecule has 2 amide bonds. The lowest BCUT2D eigenvalue weighted by atomic mass is 9.81. The van der Waals surface area contributed by atoms with Gasteiger partial charge in [-0.2, -0.15) is 18.4 Å². The molecule has 160 valence electrons. The maximum absolute atomic E-state index is 13.4. The first-order chi connectivity index (χ1) is 14.3. The molecule has 2 saturated heterocycles. The van der Waals surface area contributed by atoms with Gasteiger partial charge in [0.25, 0.3) is 0 Å². The summed E-state index contributed by atoms with van der Waals surface area (Å²) < 4.78 is 53.3. The Labute approximate surface area is 172 Å². The highest BCUT2D eigenvalue weighted by Gasteiger charge is 2.49. The second-order valence-corrected chi connectivity index (χ2v) is 8.12. The van der Waals surface area contributed by atoms with Gasteiger partial charge in [0.15, 0.2) is 0 Å². The van der Waals surface area contributed by atoms with Gasteiger partial charge in [-0.1, -0.05) is 18.2 Å². The van der Waals surface area contributed by atoms with Gasteiger partial charge >= 0.3 is 12.2 Å². The number of halogens is 4. The minimum atomic E-state index is -4.47. The summed E-state index contributed by atoms with van der Waals surface area (Å²) in [6, 6.07) is 7.66. The van der Waals surface area contributed by atoms with Gasteiger partial charge in [-0.05, 0) is 24.1 Å². The van der Waals surface area contributed by atoms with Crippen LogP contribution in [-0.4, -0.2) is 59.1 Å². The van der Waals surface area contributed by atoms with Crippen molar-refractivity contribution in [3.8, 4) is 6.07 Å². The van der Waals surface area contributed by atoms with Crippen LogP contribution in [0.1, 0.15) is 18.4 Å². The average Bonchev–Trinajstić information content (AvgIpc) is 3.04. The minimum Gasteiger partial charge on any atom is -0.317 e. The molecule has 0 bridgehead atoms. The molecule has 2 unspecified atom stereocenters. The summed E-state index contributed by atoms with van der Waals surface area (Å²) in [5, 5.41) is 9.07. The van der Waals surface area contributed by atoms with Gasteiger partial charge in [0.2, 0.25) is 0 Å². The summed E-state index contributed by atoms with van der Waals surface area (Å²) in [6.07, 6.45) is -3.20. The third-order valence-electron chi connectivity index (χ3n) is 6.21. The number of fused-ring (bicyclic) bond motifs is 1. The number of carbonyl (C=O) groups excluding carboxylic acids is 1. The molecule has 0 spiro atoms. The van der Waals surface area contributed by atoms with E-state index in [1.54, 1.807) is 29.2 Å². The summed E-state index contributed by atoms with van der Waals surface area (Å²) in [4.78, 5) is 18.2. The van der Waals surface area contributed by atoms with Crippen LogP contribution in [0.15, 0.2) is 36.0 Å². The fraction of sp³-hybridized carbons (Fsp3) is 0.524. The molecule has 0 aromatic heterocycles. The smallest absolute Gasteiger partial charge is 0.317 e. The number of nitriles is 1. The molecule has 2 heterocycles. The molecule has 2 aliphatic heterocycles. The Morgan fingerprint density at radius 2 is 1.87 bits per heavy atom. The predicted molar refractivity (Wildman–Crippen MR) is 100 cm³/mol. The van der Waals surface area contributed by atoms with E-state index in [4.69, 9.17) is 5.26 Å². The molecule has 1 aromatic carbocycles. The van der Waals surface area contributed by atoms with Crippen molar-refractivity contribution in [1.29, 1.82) is 5.26 Å². The van der Waals surface area contributed by atoms with Crippen LogP contribution in [0.4, 0.5) is 22.4 Å². The molecular formula is C21H22F4N4O. The minimum absolute atomic E-state index is 0.00114. The van der Waals surface area contributed by atoms with Gasteiger partial charge in [-0.15, -0.1) is 0 Å². The summed E-state index contributed by atoms with van der Waals surface area (Å²) >= 11 is 0. The molecule has 9 heteroatoms. The zero-order valence-electron chi connectivity index (χ0n) is 16.3. The summed E-state index contributed by atoms with van der Waals surface area (Å²) in [6.45, 7) is 2.72. The number of alkyl halides is 3. The fourth-order valence-corrected chi connectivity index (χ4v) is 4.59. The van der Waals surface area contributed by atoms with E-state index in [1.165, 1.54) is 17.0 Å². The van der Waals surface area contributed by atoms with E-state index in [0.29, 0.717) is 38.4 Å². The average molecular weight is 422 g/mol. The lowest BCUT2D eigenvalue weighted by Gasteiger charge is -2.36. The van der Waals surface area contributed by atoms with Crippen molar-refractivity contribution in [2.24, 2.45) is 11.8 Å². The van der Waals surface area contributed by atoms with Gasteiger partial charge < -0.3 is 4.90 Å². The van der Waals surface area contributed by atoms with Crippen LogP contribution in [0, 0.1) is 29.0 Å². The Morgan fingerprint density at radius 3 is 2.53 bits per heavy atom. The molecule has 1 aromatic rings. The van der Waals surface area contributed by atoms with Crippen molar-refractivity contribution < 1.29 is 22.4 Å². The molecule has 2 fully saturated rings. The van der Waals surface area contributed by atoms with E-state index in [1.807, 2.05) is 0 Å². The number of piperazine rings is 1. The number of carbonyl (C=O) groups is 1. The molecule has 0 saturated carbocycles. The van der Waals surface area contributed by atoms with Gasteiger partial charge in [0, 0.05) is 44.8 Å². The van der Waals surface area contributed by atoms with Crippen LogP contribution in [0.25, 0.3) is 0 Å². The van der Waals surface area contributed by atoms with Crippen LogP contribution in [0.3, 0.4) is 0 Å². The lowest BCUT2D eigenvalue weighted by Crippen LogP contribution is -2.51. The van der Waals surface area contributed by atoms with E-state index < -0.39 is 18.0 Å². The monoisotopic (exact) mass is 422 g/mol. The van der Waals surface area contributed by atoms with Crippen molar-refractivity contribution >= 4 is 6.03 Å². The van der Waals surface area contributed by atoms with Crippen LogP contribution in [0.5, 0.6) is 0 Å². The molecule has 0 radical (unpaired) electrons. The van der Waals surface area contributed by atoms with E-state index in [2.05, 4.69) is 4.90 Å². The second-order valence-electron chi connectivity index (χ2n) is 8.12. The summed E-state index contributed by atoms with van der Waals surface area (Å²) in [5.74, 6) is -3.15. The standard InChI is InChI=1S/C21H22F4N4O/c22-16-4-1-14(2-5-16)11-27-7-8-28-18(12-27)13-29(20(28)30)17-6-3-15(10-26)19(9-17)21(23,24)25/h1-2,4-6,15,18-19H,3,7-9,11-13H2/t15?,18-,19?/m0/s1. The number of urea groups is 1. The van der Waals surface area contributed by atoms with Gasteiger partial charge in [-0.3, -0.25) is 9.80 Å². The fourth-order valence-electron chi connectivity index (χ4n) is 4.59. The maximum atomic E-state index is 13.4. The Kier molecular flexibility index (Phi) is 5.45. The molecule has 30 heavy (non-hydrogen) atoms. The highest BCUT2D eigenvalue weighted by atomic mass is 19.4. The van der Waals surface area contributed by atoms with Crippen molar-refractivity contribution in [3.05, 3.63) is 47.4 Å². The number of nitrogens with zero attached hydrogens (tertiary/aromatic N) is 4. The lowest BCUT2D eigenvalue weighted by molar-refractivity contribution is -0.185. The Balaban J connectivity index is 1.43. The van der Waals surface area contributed by atoms with Gasteiger partial charge in [0.1, 0.15) is 5.82 Å². The first-order valence-corrected chi connectivity index (χ1v) is 9.96. The number of hydrogen-bond acceptors (Lipinski definition) is 3. The molecule has 4 rings (SSSR count). The number of allylic oxidation sites excluding steroid dienone is 2. The maximum Gasteiger partial charge on any atom is 0.393 e. The van der Waals surface area contributed by atoms with Gasteiger partial charge in [0.05, 0.1) is 23.9 Å². The van der Waals surface area contributed by atoms with E-state index in [9.17, 15) is 22.4 Å². The number of benzene rings is 1. The van der Waals surface area contributed by atoms with Crippen LogP contribution < -0.4 is 0 Å². The second kappa shape index (κ2) is 7.91. The highest BCUT2D eigenvalue weighted by Crippen LogP contribution is 2.42. The first kappa shape index (κ1) is 20.7. The Hall–Kier alpha value is -2.60. The van der Waals surface area contributed by atoms with E-state index in [0.717, 1.165) is 5.56 Å². The predicted octanol–water partition coefficient (Wildman–Crippen LogP) is 3.74. The van der Waals surface area contributed by atoms with E-state index in [-0.39, 0.29) is 30.7 Å². The molecule has 1 aliphatic carbocycles. The summed E-state index contributed by atoms with van der Waals surface area (Å²) in [7, 11) is 0. The quantitative estimate of drug-likeness (QED) is 0.698. The molecule has 5 nitrogen and oxygen atoms in total. The Morgan fingerprint density at radius 1 is 1.13 bits per heavy atom. The van der Waals surface area contributed by atoms with Crippen LogP contribution in [-0.2, 0) is 6.54 Å². The van der Waals surface area contributed by atoms with Crippen LogP contribution >= 0.6 is 0 Å². The zero-order chi connectivity index (χ0) is 21.5. The highest BCUT2D eigenvalue weighted by molar-refractivity contribution is 5.79. The van der Waals surface area contributed by atoms with Crippen LogP contribution in [0.2, 0.25) is 0 Å². The zero-order valence-corrected chi connectivity index (χ0v) is 16.3. The van der Waals surface area contributed by atoms with Crippen molar-refractivity contribution in [1.82, 2.24) is 14.7 Å². The van der Waals surface area contributed by atoms with Crippen molar-refractivity contribution in [2.75, 3.05) is 26.2 Å². The van der Waals surface area contributed by atoms with Crippen molar-refractivity contribution in [2.45, 2.75) is 31.6 Å². The van der Waals surface area contributed by atoms with E-state index >= 15 is 0 Å². The van der Waals surface area contributed by atoms with Gasteiger partial charge in [-0.25, -0.2) is 9.18 Å². The molecule has 3 atom stereocenters. The number of rotatable bonds is 3. The molecule has 0 N–H and O–H groups in total. The number of amides is 2.